The molecule has 0 aliphatic carbocycles. The molecule has 5 nitrogen and oxygen atoms in total. The van der Waals surface area contributed by atoms with Crippen molar-refractivity contribution in [2.75, 3.05) is 19.6 Å². The van der Waals surface area contributed by atoms with Gasteiger partial charge in [0.15, 0.2) is 0 Å². The molecule has 0 aromatic heterocycles. The summed E-state index contributed by atoms with van der Waals surface area (Å²) in [5, 5.41) is 9.10. The maximum Gasteiger partial charge on any atom is 0.227 e. The quantitative estimate of drug-likeness (QED) is 0.654. The Morgan fingerprint density at radius 3 is 2.50 bits per heavy atom. The van der Waals surface area contributed by atoms with Gasteiger partial charge in [0.05, 0.1) is 5.41 Å². The predicted molar refractivity (Wildman–Crippen MR) is 80.3 cm³/mol. The van der Waals surface area contributed by atoms with Crippen molar-refractivity contribution in [1.29, 1.82) is 0 Å². The van der Waals surface area contributed by atoms with E-state index < -0.39 is 0 Å². The van der Waals surface area contributed by atoms with Gasteiger partial charge in [-0.2, -0.15) is 0 Å². The van der Waals surface area contributed by atoms with Crippen LogP contribution in [0.1, 0.15) is 47.0 Å². The van der Waals surface area contributed by atoms with Gasteiger partial charge in [0.2, 0.25) is 11.8 Å². The summed E-state index contributed by atoms with van der Waals surface area (Å²) in [5.41, 5.74) is -0.312. The fourth-order valence-corrected chi connectivity index (χ4v) is 2.57. The highest BCUT2D eigenvalue weighted by molar-refractivity contribution is 5.84. The maximum absolute atomic E-state index is 12.4. The Bertz CT molecular complexity index is 336. The van der Waals surface area contributed by atoms with E-state index in [4.69, 9.17) is 0 Å². The molecule has 3 N–H and O–H groups in total. The van der Waals surface area contributed by atoms with Gasteiger partial charge < -0.3 is 16.0 Å². The standard InChI is InChI=1S/C15H29N3O2/c1-5-12(4)18-13(19)6-8-17-14(20)15(11(2)3)7-9-16-10-15/h11-12,16H,5-10H2,1-4H3,(H,17,20)(H,18,19). The van der Waals surface area contributed by atoms with E-state index >= 15 is 0 Å². The van der Waals surface area contributed by atoms with Gasteiger partial charge in [-0.1, -0.05) is 20.8 Å². The first-order valence-corrected chi connectivity index (χ1v) is 7.70. The number of hydrogen-bond donors (Lipinski definition) is 3. The van der Waals surface area contributed by atoms with Gasteiger partial charge in [0.25, 0.3) is 0 Å². The molecule has 20 heavy (non-hydrogen) atoms. The lowest BCUT2D eigenvalue weighted by Gasteiger charge is -2.31. The lowest BCUT2D eigenvalue weighted by Crippen LogP contribution is -2.47. The van der Waals surface area contributed by atoms with Gasteiger partial charge in [-0.15, -0.1) is 0 Å². The van der Waals surface area contributed by atoms with Crippen LogP contribution < -0.4 is 16.0 Å². The molecule has 1 aliphatic heterocycles. The largest absolute Gasteiger partial charge is 0.355 e. The average Bonchev–Trinajstić information content (AvgIpc) is 2.89. The molecule has 116 valence electrons. The second-order valence-corrected chi connectivity index (χ2v) is 6.12. The van der Waals surface area contributed by atoms with Crippen LogP contribution in [-0.2, 0) is 9.59 Å². The number of carbonyl (C=O) groups excluding carboxylic acids is 2. The maximum atomic E-state index is 12.4. The van der Waals surface area contributed by atoms with Crippen molar-refractivity contribution in [3.63, 3.8) is 0 Å². The highest BCUT2D eigenvalue weighted by Gasteiger charge is 2.43. The molecule has 0 radical (unpaired) electrons. The molecular formula is C15H29N3O2. The van der Waals surface area contributed by atoms with Crippen LogP contribution in [0.4, 0.5) is 0 Å². The summed E-state index contributed by atoms with van der Waals surface area (Å²) in [6.07, 6.45) is 2.13. The first-order valence-electron chi connectivity index (χ1n) is 7.70. The van der Waals surface area contributed by atoms with E-state index in [0.29, 0.717) is 18.9 Å². The smallest absolute Gasteiger partial charge is 0.227 e. The van der Waals surface area contributed by atoms with E-state index in [1.54, 1.807) is 0 Å². The molecule has 0 saturated carbocycles. The molecular weight excluding hydrogens is 254 g/mol. The molecule has 1 heterocycles. The number of hydrogen-bond acceptors (Lipinski definition) is 3. The Morgan fingerprint density at radius 2 is 2.00 bits per heavy atom. The highest BCUT2D eigenvalue weighted by Crippen LogP contribution is 2.34. The van der Waals surface area contributed by atoms with E-state index in [1.165, 1.54) is 0 Å². The number of rotatable bonds is 7. The molecule has 0 spiro atoms. The van der Waals surface area contributed by atoms with Crippen LogP contribution in [0, 0.1) is 11.3 Å². The fraction of sp³-hybridized carbons (Fsp3) is 0.867. The zero-order chi connectivity index (χ0) is 15.2. The minimum absolute atomic E-state index is 0.00259. The Hall–Kier alpha value is -1.10. The van der Waals surface area contributed by atoms with Gasteiger partial charge >= 0.3 is 0 Å². The van der Waals surface area contributed by atoms with Gasteiger partial charge in [-0.25, -0.2) is 0 Å². The summed E-state index contributed by atoms with van der Waals surface area (Å²) >= 11 is 0. The second kappa shape index (κ2) is 7.62. The highest BCUT2D eigenvalue weighted by atomic mass is 16.2. The Labute approximate surface area is 122 Å². The lowest BCUT2D eigenvalue weighted by atomic mass is 9.75. The molecule has 1 saturated heterocycles. The van der Waals surface area contributed by atoms with Crippen LogP contribution in [0.15, 0.2) is 0 Å². The third kappa shape index (κ3) is 4.20. The zero-order valence-electron chi connectivity index (χ0n) is 13.2. The van der Waals surface area contributed by atoms with Crippen molar-refractivity contribution in [2.24, 2.45) is 11.3 Å². The van der Waals surface area contributed by atoms with Crippen LogP contribution >= 0.6 is 0 Å². The summed E-state index contributed by atoms with van der Waals surface area (Å²) < 4.78 is 0. The van der Waals surface area contributed by atoms with Crippen molar-refractivity contribution in [2.45, 2.75) is 53.0 Å². The van der Waals surface area contributed by atoms with Crippen LogP contribution in [0.2, 0.25) is 0 Å². The fourth-order valence-electron chi connectivity index (χ4n) is 2.57. The Balaban J connectivity index is 2.37. The van der Waals surface area contributed by atoms with E-state index in [-0.39, 0.29) is 23.3 Å². The van der Waals surface area contributed by atoms with Crippen molar-refractivity contribution in [3.05, 3.63) is 0 Å². The summed E-state index contributed by atoms with van der Waals surface area (Å²) in [7, 11) is 0. The van der Waals surface area contributed by atoms with Crippen LogP contribution in [0.5, 0.6) is 0 Å². The minimum atomic E-state index is -0.312. The van der Waals surface area contributed by atoms with Crippen LogP contribution in [-0.4, -0.2) is 37.5 Å². The zero-order valence-corrected chi connectivity index (χ0v) is 13.2. The summed E-state index contributed by atoms with van der Waals surface area (Å²) in [4.78, 5) is 24.0. The van der Waals surface area contributed by atoms with Gasteiger partial charge in [-0.3, -0.25) is 9.59 Å². The van der Waals surface area contributed by atoms with E-state index in [1.807, 2.05) is 13.8 Å². The minimum Gasteiger partial charge on any atom is -0.355 e. The predicted octanol–water partition coefficient (Wildman–Crippen LogP) is 1.04. The summed E-state index contributed by atoms with van der Waals surface area (Å²) in [5.74, 6) is 0.378. The first kappa shape index (κ1) is 17.0. The molecule has 0 bridgehead atoms. The van der Waals surface area contributed by atoms with Crippen molar-refractivity contribution >= 4 is 11.8 Å². The van der Waals surface area contributed by atoms with E-state index in [9.17, 15) is 9.59 Å². The lowest BCUT2D eigenvalue weighted by molar-refractivity contribution is -0.132. The molecule has 2 unspecified atom stereocenters. The van der Waals surface area contributed by atoms with Crippen LogP contribution in [0.25, 0.3) is 0 Å². The summed E-state index contributed by atoms with van der Waals surface area (Å²) in [6, 6.07) is 0.194. The van der Waals surface area contributed by atoms with Crippen molar-refractivity contribution < 1.29 is 9.59 Å². The third-order valence-corrected chi connectivity index (χ3v) is 4.40. The monoisotopic (exact) mass is 283 g/mol. The molecule has 2 amide bonds. The van der Waals surface area contributed by atoms with E-state index in [0.717, 1.165) is 25.9 Å². The molecule has 1 fully saturated rings. The molecule has 1 aliphatic rings. The third-order valence-electron chi connectivity index (χ3n) is 4.40. The molecule has 0 aromatic rings. The SMILES string of the molecule is CCC(C)NC(=O)CCNC(=O)C1(C(C)C)CCNC1. The normalized spacial score (nSPS) is 23.6. The van der Waals surface area contributed by atoms with E-state index in [2.05, 4.69) is 29.8 Å². The molecule has 5 heteroatoms. The average molecular weight is 283 g/mol. The summed E-state index contributed by atoms with van der Waals surface area (Å²) in [6.45, 7) is 10.2. The second-order valence-electron chi connectivity index (χ2n) is 6.12. The molecule has 0 aromatic carbocycles. The van der Waals surface area contributed by atoms with Gasteiger partial charge in [-0.05, 0) is 32.2 Å². The van der Waals surface area contributed by atoms with Gasteiger partial charge in [0, 0.05) is 25.6 Å². The molecule has 2 atom stereocenters. The first-order chi connectivity index (χ1) is 9.42. The number of amides is 2. The molecule has 1 rings (SSSR count). The number of carbonyl (C=O) groups is 2. The van der Waals surface area contributed by atoms with Crippen molar-refractivity contribution in [3.8, 4) is 0 Å². The van der Waals surface area contributed by atoms with Crippen LogP contribution in [0.3, 0.4) is 0 Å². The Kier molecular flexibility index (Phi) is 6.46. The van der Waals surface area contributed by atoms with Gasteiger partial charge in [0.1, 0.15) is 0 Å². The number of nitrogens with one attached hydrogen (secondary N) is 3. The van der Waals surface area contributed by atoms with Crippen molar-refractivity contribution in [1.82, 2.24) is 16.0 Å². The topological polar surface area (TPSA) is 70.2 Å². The Morgan fingerprint density at radius 1 is 1.30 bits per heavy atom.